The van der Waals surface area contributed by atoms with Crippen molar-refractivity contribution in [1.29, 1.82) is 0 Å². The molecule has 0 aliphatic heterocycles. The van der Waals surface area contributed by atoms with Crippen molar-refractivity contribution in [1.82, 2.24) is 0 Å². The minimum absolute atomic E-state index is 0.348. The van der Waals surface area contributed by atoms with E-state index in [-0.39, 0.29) is 0 Å². The Labute approximate surface area is 80.9 Å². The fourth-order valence-corrected chi connectivity index (χ4v) is 1.17. The lowest BCUT2D eigenvalue weighted by atomic mass is 10.1. The van der Waals surface area contributed by atoms with Gasteiger partial charge in [0.15, 0.2) is 6.10 Å². The number of benzene rings is 1. The van der Waals surface area contributed by atoms with Gasteiger partial charge in [0.1, 0.15) is 0 Å². The summed E-state index contributed by atoms with van der Waals surface area (Å²) in [6.45, 7) is 0. The number of carbonyl (C=O) groups is 1. The van der Waals surface area contributed by atoms with Crippen LogP contribution in [0.5, 0.6) is 0 Å². The largest absolute Gasteiger partial charge is 0.467 e. The fraction of sp³-hybridized carbons (Fsp3) is 0.222. The number of ether oxygens (including phenoxy) is 1. The van der Waals surface area contributed by atoms with Gasteiger partial charge in [-0.3, -0.25) is 0 Å². The van der Waals surface area contributed by atoms with Gasteiger partial charge < -0.3 is 9.84 Å². The van der Waals surface area contributed by atoms with E-state index in [2.05, 4.69) is 4.74 Å². The number of aliphatic hydroxyl groups is 1. The monoisotopic (exact) mass is 200 g/mol. The lowest BCUT2D eigenvalue weighted by Crippen LogP contribution is -2.13. The first kappa shape index (κ1) is 10.0. The first-order valence-corrected chi connectivity index (χ1v) is 4.05. The molecular formula is C9H9ClO3. The number of halogens is 1. The third-order valence-corrected chi connectivity index (χ3v) is 1.97. The zero-order valence-corrected chi connectivity index (χ0v) is 7.78. The predicted octanol–water partition coefficient (Wildman–Crippen LogP) is 1.55. The molecule has 3 nitrogen and oxygen atoms in total. The van der Waals surface area contributed by atoms with Crippen molar-refractivity contribution in [3.8, 4) is 0 Å². The zero-order chi connectivity index (χ0) is 9.84. The first-order chi connectivity index (χ1) is 6.16. The van der Waals surface area contributed by atoms with E-state index < -0.39 is 12.1 Å². The van der Waals surface area contributed by atoms with Crippen LogP contribution in [0.2, 0.25) is 5.02 Å². The molecule has 0 fully saturated rings. The van der Waals surface area contributed by atoms with Crippen molar-refractivity contribution in [3.05, 3.63) is 34.9 Å². The van der Waals surface area contributed by atoms with Crippen LogP contribution in [0.1, 0.15) is 11.7 Å². The zero-order valence-electron chi connectivity index (χ0n) is 7.03. The van der Waals surface area contributed by atoms with E-state index >= 15 is 0 Å². The SMILES string of the molecule is COC(=O)[C@@H](O)c1ccccc1Cl. The summed E-state index contributed by atoms with van der Waals surface area (Å²) in [7, 11) is 1.21. The van der Waals surface area contributed by atoms with Gasteiger partial charge in [-0.2, -0.15) is 0 Å². The normalized spacial score (nSPS) is 12.2. The first-order valence-electron chi connectivity index (χ1n) is 3.67. The highest BCUT2D eigenvalue weighted by Gasteiger charge is 2.19. The van der Waals surface area contributed by atoms with Crippen LogP contribution in [-0.2, 0) is 9.53 Å². The number of hydrogen-bond acceptors (Lipinski definition) is 3. The average molecular weight is 201 g/mol. The van der Waals surface area contributed by atoms with E-state index in [1.807, 2.05) is 0 Å². The average Bonchev–Trinajstić information content (AvgIpc) is 2.16. The van der Waals surface area contributed by atoms with Gasteiger partial charge in [0.05, 0.1) is 7.11 Å². The van der Waals surface area contributed by atoms with Crippen molar-refractivity contribution in [2.24, 2.45) is 0 Å². The third kappa shape index (κ3) is 2.20. The second kappa shape index (κ2) is 4.25. The summed E-state index contributed by atoms with van der Waals surface area (Å²) in [5.41, 5.74) is 0.357. The molecule has 4 heteroatoms. The van der Waals surface area contributed by atoms with E-state index in [9.17, 15) is 9.90 Å². The summed E-state index contributed by atoms with van der Waals surface area (Å²) in [6, 6.07) is 6.58. The van der Waals surface area contributed by atoms with Gasteiger partial charge in [0, 0.05) is 10.6 Å². The van der Waals surface area contributed by atoms with E-state index in [1.165, 1.54) is 7.11 Å². The molecule has 0 heterocycles. The number of rotatable bonds is 2. The van der Waals surface area contributed by atoms with Crippen LogP contribution in [0.25, 0.3) is 0 Å². The van der Waals surface area contributed by atoms with Crippen molar-refractivity contribution in [3.63, 3.8) is 0 Å². The third-order valence-electron chi connectivity index (χ3n) is 1.62. The smallest absolute Gasteiger partial charge is 0.339 e. The molecule has 0 aromatic heterocycles. The van der Waals surface area contributed by atoms with Crippen LogP contribution >= 0.6 is 11.6 Å². The number of methoxy groups -OCH3 is 1. The fourth-order valence-electron chi connectivity index (χ4n) is 0.935. The molecule has 0 aliphatic rings. The Morgan fingerprint density at radius 2 is 2.15 bits per heavy atom. The standard InChI is InChI=1S/C9H9ClO3/c1-13-9(12)8(11)6-4-2-3-5-7(6)10/h2-5,8,11H,1H3/t8-/m0/s1. The lowest BCUT2D eigenvalue weighted by molar-refractivity contribution is -0.150. The molecule has 1 atom stereocenters. The van der Waals surface area contributed by atoms with E-state index in [1.54, 1.807) is 24.3 Å². The van der Waals surface area contributed by atoms with Gasteiger partial charge in [0.2, 0.25) is 0 Å². The predicted molar refractivity (Wildman–Crippen MR) is 48.4 cm³/mol. The van der Waals surface area contributed by atoms with Crippen LogP contribution in [0.4, 0.5) is 0 Å². The van der Waals surface area contributed by atoms with E-state index in [0.717, 1.165) is 0 Å². The van der Waals surface area contributed by atoms with E-state index in [4.69, 9.17) is 11.6 Å². The van der Waals surface area contributed by atoms with Crippen LogP contribution in [0.3, 0.4) is 0 Å². The minimum atomic E-state index is -1.31. The van der Waals surface area contributed by atoms with E-state index in [0.29, 0.717) is 10.6 Å². The molecule has 0 aliphatic carbocycles. The van der Waals surface area contributed by atoms with Crippen LogP contribution < -0.4 is 0 Å². The summed E-state index contributed by atoms with van der Waals surface area (Å²) in [5, 5.41) is 9.76. The lowest BCUT2D eigenvalue weighted by Gasteiger charge is -2.09. The number of hydrogen-bond donors (Lipinski definition) is 1. The molecule has 0 saturated carbocycles. The van der Waals surface area contributed by atoms with Gasteiger partial charge >= 0.3 is 5.97 Å². The molecule has 1 aromatic rings. The number of carbonyl (C=O) groups excluding carboxylic acids is 1. The van der Waals surface area contributed by atoms with Crippen LogP contribution in [-0.4, -0.2) is 18.2 Å². The van der Waals surface area contributed by atoms with Crippen LogP contribution in [0, 0.1) is 0 Å². The second-order valence-electron chi connectivity index (χ2n) is 2.45. The van der Waals surface area contributed by atoms with Gasteiger partial charge in [-0.15, -0.1) is 0 Å². The van der Waals surface area contributed by atoms with Gasteiger partial charge in [0.25, 0.3) is 0 Å². The quantitative estimate of drug-likeness (QED) is 0.737. The molecule has 0 amide bonds. The van der Waals surface area contributed by atoms with Crippen molar-refractivity contribution >= 4 is 17.6 Å². The maximum Gasteiger partial charge on any atom is 0.339 e. The van der Waals surface area contributed by atoms with Crippen molar-refractivity contribution in [2.75, 3.05) is 7.11 Å². The van der Waals surface area contributed by atoms with Gasteiger partial charge in [-0.05, 0) is 6.07 Å². The summed E-state index contributed by atoms with van der Waals surface area (Å²) in [6.07, 6.45) is -1.31. The molecule has 0 spiro atoms. The Balaban J connectivity index is 2.95. The maximum absolute atomic E-state index is 10.9. The Hall–Kier alpha value is -1.06. The molecule has 13 heavy (non-hydrogen) atoms. The molecule has 1 aromatic carbocycles. The summed E-state index contributed by atoms with van der Waals surface area (Å²) in [5.74, 6) is -0.715. The Kier molecular flexibility index (Phi) is 3.28. The molecule has 0 unspecified atom stereocenters. The molecule has 1 rings (SSSR count). The van der Waals surface area contributed by atoms with Gasteiger partial charge in [-0.1, -0.05) is 29.8 Å². The molecule has 0 saturated heterocycles. The second-order valence-corrected chi connectivity index (χ2v) is 2.85. The highest BCUT2D eigenvalue weighted by molar-refractivity contribution is 6.31. The molecule has 1 N–H and O–H groups in total. The molecule has 70 valence electrons. The van der Waals surface area contributed by atoms with Crippen molar-refractivity contribution in [2.45, 2.75) is 6.10 Å². The van der Waals surface area contributed by atoms with Crippen molar-refractivity contribution < 1.29 is 14.6 Å². The Bertz CT molecular complexity index is 311. The molecule has 0 bridgehead atoms. The minimum Gasteiger partial charge on any atom is -0.467 e. The van der Waals surface area contributed by atoms with Gasteiger partial charge in [-0.25, -0.2) is 4.79 Å². The molecular weight excluding hydrogens is 192 g/mol. The Morgan fingerprint density at radius 3 is 2.69 bits per heavy atom. The molecule has 0 radical (unpaired) electrons. The topological polar surface area (TPSA) is 46.5 Å². The summed E-state index contributed by atoms with van der Waals surface area (Å²) >= 11 is 5.75. The summed E-state index contributed by atoms with van der Waals surface area (Å²) in [4.78, 5) is 10.9. The highest BCUT2D eigenvalue weighted by atomic mass is 35.5. The Morgan fingerprint density at radius 1 is 1.54 bits per heavy atom. The summed E-state index contributed by atoms with van der Waals surface area (Å²) < 4.78 is 4.37. The highest BCUT2D eigenvalue weighted by Crippen LogP contribution is 2.22. The number of esters is 1. The maximum atomic E-state index is 10.9. The van der Waals surface area contributed by atoms with Crippen LogP contribution in [0.15, 0.2) is 24.3 Å². The number of aliphatic hydroxyl groups excluding tert-OH is 1.